The van der Waals surface area contributed by atoms with Gasteiger partial charge in [0.05, 0.1) is 19.8 Å². The molecule has 0 aromatic heterocycles. The number of carbonyl (C=O) groups excluding carboxylic acids is 2. The number of primary amides is 1. The van der Waals surface area contributed by atoms with Gasteiger partial charge in [-0.15, -0.1) is 0 Å². The Labute approximate surface area is 116 Å². The molecule has 0 saturated heterocycles. The van der Waals surface area contributed by atoms with Crippen molar-refractivity contribution in [3.63, 3.8) is 0 Å². The van der Waals surface area contributed by atoms with E-state index in [4.69, 9.17) is 20.3 Å². The summed E-state index contributed by atoms with van der Waals surface area (Å²) in [5, 5.41) is 13.5. The number of nitrogens with two attached hydrogens (primary N) is 1. The van der Waals surface area contributed by atoms with Crippen molar-refractivity contribution in [2.45, 2.75) is 18.9 Å². The van der Waals surface area contributed by atoms with Gasteiger partial charge >= 0.3 is 12.0 Å². The predicted octanol–water partition coefficient (Wildman–Crippen LogP) is -1.33. The maximum atomic E-state index is 11.4. The SMILES string of the molecule is COCCOCCNC(=O)N[C@H](CCC(N)=O)C(=O)O. The van der Waals surface area contributed by atoms with Crippen LogP contribution in [0.5, 0.6) is 0 Å². The number of methoxy groups -OCH3 is 1. The lowest BCUT2D eigenvalue weighted by Crippen LogP contribution is -2.47. The summed E-state index contributed by atoms with van der Waals surface area (Å²) < 4.78 is 9.88. The second-order valence-electron chi connectivity index (χ2n) is 3.90. The summed E-state index contributed by atoms with van der Waals surface area (Å²) >= 11 is 0. The van der Waals surface area contributed by atoms with Crippen molar-refractivity contribution < 1.29 is 29.0 Å². The number of ether oxygens (including phenoxy) is 2. The lowest BCUT2D eigenvalue weighted by atomic mass is 10.1. The third kappa shape index (κ3) is 10.1. The van der Waals surface area contributed by atoms with Crippen molar-refractivity contribution in [3.8, 4) is 0 Å². The smallest absolute Gasteiger partial charge is 0.326 e. The van der Waals surface area contributed by atoms with Crippen molar-refractivity contribution in [1.29, 1.82) is 0 Å². The number of urea groups is 1. The maximum absolute atomic E-state index is 11.4. The third-order valence-corrected chi connectivity index (χ3v) is 2.25. The molecular weight excluding hydrogens is 270 g/mol. The normalized spacial score (nSPS) is 11.7. The van der Waals surface area contributed by atoms with Crippen LogP contribution >= 0.6 is 0 Å². The summed E-state index contributed by atoms with van der Waals surface area (Å²) in [7, 11) is 1.55. The van der Waals surface area contributed by atoms with Gasteiger partial charge < -0.3 is 30.9 Å². The zero-order valence-corrected chi connectivity index (χ0v) is 11.4. The van der Waals surface area contributed by atoms with E-state index in [1.807, 2.05) is 0 Å². The van der Waals surface area contributed by atoms with Crippen LogP contribution in [-0.2, 0) is 19.1 Å². The fraction of sp³-hybridized carbons (Fsp3) is 0.727. The largest absolute Gasteiger partial charge is 0.480 e. The second-order valence-corrected chi connectivity index (χ2v) is 3.90. The molecule has 9 nitrogen and oxygen atoms in total. The number of carboxylic acids is 1. The first-order chi connectivity index (χ1) is 9.47. The van der Waals surface area contributed by atoms with E-state index in [9.17, 15) is 14.4 Å². The summed E-state index contributed by atoms with van der Waals surface area (Å²) in [4.78, 5) is 32.9. The van der Waals surface area contributed by atoms with E-state index in [1.165, 1.54) is 0 Å². The first-order valence-corrected chi connectivity index (χ1v) is 6.09. The lowest BCUT2D eigenvalue weighted by Gasteiger charge is -2.14. The molecular formula is C11H21N3O6. The molecule has 20 heavy (non-hydrogen) atoms. The summed E-state index contributed by atoms with van der Waals surface area (Å²) in [6.07, 6.45) is -0.167. The van der Waals surface area contributed by atoms with E-state index in [0.717, 1.165) is 0 Å². The third-order valence-electron chi connectivity index (χ3n) is 2.25. The van der Waals surface area contributed by atoms with E-state index in [0.29, 0.717) is 13.2 Å². The zero-order valence-electron chi connectivity index (χ0n) is 11.4. The first kappa shape index (κ1) is 18.1. The summed E-state index contributed by atoms with van der Waals surface area (Å²) in [6.45, 7) is 1.39. The molecule has 0 aromatic rings. The van der Waals surface area contributed by atoms with Crippen LogP contribution in [0.15, 0.2) is 0 Å². The van der Waals surface area contributed by atoms with Crippen molar-refractivity contribution in [2.24, 2.45) is 5.73 Å². The van der Waals surface area contributed by atoms with Crippen molar-refractivity contribution in [3.05, 3.63) is 0 Å². The lowest BCUT2D eigenvalue weighted by molar-refractivity contribution is -0.139. The van der Waals surface area contributed by atoms with Gasteiger partial charge in [-0.25, -0.2) is 9.59 Å². The zero-order chi connectivity index (χ0) is 15.4. The molecule has 1 atom stereocenters. The van der Waals surface area contributed by atoms with Crippen LogP contribution in [0, 0.1) is 0 Å². The highest BCUT2D eigenvalue weighted by Gasteiger charge is 2.20. The van der Waals surface area contributed by atoms with Gasteiger partial charge in [0.15, 0.2) is 0 Å². The molecule has 9 heteroatoms. The molecule has 0 rings (SSSR count). The Kier molecular flexibility index (Phi) is 9.97. The minimum Gasteiger partial charge on any atom is -0.480 e. The first-order valence-electron chi connectivity index (χ1n) is 6.09. The fourth-order valence-electron chi connectivity index (χ4n) is 1.23. The number of carboxylic acid groups (broad SMARTS) is 1. The molecule has 0 aliphatic heterocycles. The Hall–Kier alpha value is -1.87. The molecule has 116 valence electrons. The Morgan fingerprint density at radius 3 is 2.50 bits per heavy atom. The van der Waals surface area contributed by atoms with Crippen LogP contribution in [0.25, 0.3) is 0 Å². The van der Waals surface area contributed by atoms with Gasteiger partial charge in [-0.05, 0) is 6.42 Å². The van der Waals surface area contributed by atoms with Gasteiger partial charge in [-0.3, -0.25) is 4.79 Å². The molecule has 0 aliphatic carbocycles. The van der Waals surface area contributed by atoms with Crippen LogP contribution in [0.2, 0.25) is 0 Å². The molecule has 0 unspecified atom stereocenters. The molecule has 0 aliphatic rings. The quantitative estimate of drug-likeness (QED) is 0.348. The average molecular weight is 291 g/mol. The number of nitrogens with one attached hydrogen (secondary N) is 2. The van der Waals surface area contributed by atoms with Gasteiger partial charge in [-0.2, -0.15) is 0 Å². The van der Waals surface area contributed by atoms with E-state index < -0.39 is 23.9 Å². The Bertz CT molecular complexity index is 323. The topological polar surface area (TPSA) is 140 Å². The van der Waals surface area contributed by atoms with Gasteiger partial charge in [0, 0.05) is 20.1 Å². The number of carbonyl (C=O) groups is 3. The number of hydrogen-bond donors (Lipinski definition) is 4. The molecule has 0 bridgehead atoms. The van der Waals surface area contributed by atoms with E-state index in [2.05, 4.69) is 10.6 Å². The van der Waals surface area contributed by atoms with Crippen LogP contribution in [-0.4, -0.2) is 62.5 Å². The molecule has 0 spiro atoms. The van der Waals surface area contributed by atoms with E-state index in [-0.39, 0.29) is 26.0 Å². The summed E-state index contributed by atoms with van der Waals surface area (Å²) in [5.74, 6) is -1.84. The number of aliphatic carboxylic acids is 1. The predicted molar refractivity (Wildman–Crippen MR) is 69.1 cm³/mol. The van der Waals surface area contributed by atoms with E-state index in [1.54, 1.807) is 7.11 Å². The summed E-state index contributed by atoms with van der Waals surface area (Å²) in [6, 6.07) is -1.80. The molecule has 0 heterocycles. The molecule has 0 fully saturated rings. The molecule has 0 saturated carbocycles. The molecule has 0 radical (unpaired) electrons. The van der Waals surface area contributed by atoms with Crippen LogP contribution in [0.3, 0.4) is 0 Å². The Morgan fingerprint density at radius 1 is 1.25 bits per heavy atom. The van der Waals surface area contributed by atoms with Gasteiger partial charge in [0.1, 0.15) is 6.04 Å². The van der Waals surface area contributed by atoms with Crippen molar-refractivity contribution >= 4 is 17.9 Å². The minimum atomic E-state index is -1.22. The summed E-state index contributed by atoms with van der Waals surface area (Å²) in [5.41, 5.74) is 4.92. The van der Waals surface area contributed by atoms with Crippen LogP contribution in [0.4, 0.5) is 4.79 Å². The highest BCUT2D eigenvalue weighted by molar-refractivity contribution is 5.83. The second kappa shape index (κ2) is 11.0. The monoisotopic (exact) mass is 291 g/mol. The molecule has 5 N–H and O–H groups in total. The standard InChI is InChI=1S/C11H21N3O6/c1-19-6-7-20-5-4-13-11(18)14-8(10(16)17)2-3-9(12)15/h8H,2-7H2,1H3,(H2,12,15)(H,16,17)(H2,13,14,18)/t8-/m1/s1. The Balaban J connectivity index is 3.84. The Morgan fingerprint density at radius 2 is 1.95 bits per heavy atom. The molecule has 3 amide bonds. The highest BCUT2D eigenvalue weighted by Crippen LogP contribution is 1.97. The van der Waals surface area contributed by atoms with Crippen molar-refractivity contribution in [1.82, 2.24) is 10.6 Å². The minimum absolute atomic E-state index is 0.0531. The maximum Gasteiger partial charge on any atom is 0.326 e. The van der Waals surface area contributed by atoms with E-state index >= 15 is 0 Å². The number of amides is 3. The fourth-order valence-corrected chi connectivity index (χ4v) is 1.23. The van der Waals surface area contributed by atoms with Crippen LogP contribution < -0.4 is 16.4 Å². The van der Waals surface area contributed by atoms with Gasteiger partial charge in [-0.1, -0.05) is 0 Å². The molecule has 0 aromatic carbocycles. The number of hydrogen-bond acceptors (Lipinski definition) is 5. The average Bonchev–Trinajstić information content (AvgIpc) is 2.38. The number of rotatable bonds is 11. The van der Waals surface area contributed by atoms with Gasteiger partial charge in [0.25, 0.3) is 0 Å². The van der Waals surface area contributed by atoms with Gasteiger partial charge in [0.2, 0.25) is 5.91 Å². The highest BCUT2D eigenvalue weighted by atomic mass is 16.5. The van der Waals surface area contributed by atoms with Crippen LogP contribution in [0.1, 0.15) is 12.8 Å². The van der Waals surface area contributed by atoms with Crippen molar-refractivity contribution in [2.75, 3.05) is 33.5 Å².